The minimum absolute atomic E-state index is 0. The molecule has 0 aromatic heterocycles. The first-order valence-corrected chi connectivity index (χ1v) is 16.0. The van der Waals surface area contributed by atoms with Crippen LogP contribution in [-0.4, -0.2) is 24.2 Å². The first-order valence-electron chi connectivity index (χ1n) is 14.2. The molecule has 0 bridgehead atoms. The zero-order chi connectivity index (χ0) is 25.5. The monoisotopic (exact) mass is 514 g/mol. The quantitative estimate of drug-likeness (QED) is 0.0638. The van der Waals surface area contributed by atoms with E-state index in [0.717, 1.165) is 45.1 Å². The molecule has 0 aromatic rings. The van der Waals surface area contributed by atoms with Crippen LogP contribution in [0.3, 0.4) is 0 Å². The Morgan fingerprint density at radius 3 is 1.86 bits per heavy atom. The van der Waals surface area contributed by atoms with E-state index in [1.165, 1.54) is 70.6 Å². The highest BCUT2D eigenvalue weighted by molar-refractivity contribution is 7.61. The maximum absolute atomic E-state index is 12.3. The number of carbonyl (C=O) groups is 1. The fourth-order valence-electron chi connectivity index (χ4n) is 3.66. The molecule has 0 heterocycles. The maximum atomic E-state index is 12.3. The standard InChI is InChI=1S/C29H57NO3P.CH4/c1-6-7-8-9-10-11-12-13-14-15-16-17-18-19-22-25-28(31)30-26-23-20-21-24-27-33-34(5,32)29(2,3)4;/h13-14H,5-12,15-27H2,1-4H3,(H,30,31);1H4/q-1;/b14-13-;. The van der Waals surface area contributed by atoms with E-state index in [-0.39, 0.29) is 13.3 Å². The summed E-state index contributed by atoms with van der Waals surface area (Å²) in [7, 11) is -2.79. The van der Waals surface area contributed by atoms with Gasteiger partial charge in [-0.05, 0) is 44.9 Å². The molecule has 210 valence electrons. The fraction of sp³-hybridized carbons (Fsp3) is 0.867. The smallest absolute Gasteiger partial charge is 0.219 e. The van der Waals surface area contributed by atoms with E-state index < -0.39 is 12.5 Å². The summed E-state index contributed by atoms with van der Waals surface area (Å²) in [6, 6.07) is 0. The largest absolute Gasteiger partial charge is 0.356 e. The van der Waals surface area contributed by atoms with Gasteiger partial charge in [-0.3, -0.25) is 11.5 Å². The van der Waals surface area contributed by atoms with Crippen molar-refractivity contribution in [2.24, 2.45) is 0 Å². The molecule has 35 heavy (non-hydrogen) atoms. The highest BCUT2D eigenvalue weighted by atomic mass is 31.2. The number of nitrogens with one attached hydrogen (secondary N) is 1. The predicted molar refractivity (Wildman–Crippen MR) is 156 cm³/mol. The van der Waals surface area contributed by atoms with Crippen molar-refractivity contribution < 1.29 is 13.9 Å². The summed E-state index contributed by atoms with van der Waals surface area (Å²) >= 11 is 0. The molecule has 0 rings (SSSR count). The van der Waals surface area contributed by atoms with Gasteiger partial charge in [0.1, 0.15) is 0 Å². The average molecular weight is 515 g/mol. The lowest BCUT2D eigenvalue weighted by Crippen LogP contribution is -2.23. The second-order valence-electron chi connectivity index (χ2n) is 10.8. The van der Waals surface area contributed by atoms with E-state index in [9.17, 15) is 9.36 Å². The molecule has 1 amide bonds. The zero-order valence-corrected chi connectivity index (χ0v) is 24.1. The summed E-state index contributed by atoms with van der Waals surface area (Å²) in [5.41, 5.74) is 0. The van der Waals surface area contributed by atoms with Crippen LogP contribution in [0.25, 0.3) is 0 Å². The molecule has 1 N–H and O–H groups in total. The van der Waals surface area contributed by atoms with Crippen LogP contribution in [0.15, 0.2) is 12.2 Å². The Morgan fingerprint density at radius 2 is 1.29 bits per heavy atom. The van der Waals surface area contributed by atoms with Gasteiger partial charge in [0.05, 0.1) is 14.0 Å². The first-order chi connectivity index (χ1) is 16.2. The normalized spacial score (nSPS) is 13.5. The molecule has 1 unspecified atom stereocenters. The molecular weight excluding hydrogens is 453 g/mol. The molecule has 0 aliphatic carbocycles. The Morgan fingerprint density at radius 1 is 0.800 bits per heavy atom. The molecule has 5 heteroatoms. The van der Waals surface area contributed by atoms with Gasteiger partial charge in [0.2, 0.25) is 5.91 Å². The molecule has 0 spiro atoms. The van der Waals surface area contributed by atoms with Crippen LogP contribution in [0.2, 0.25) is 0 Å². The first kappa shape index (κ1) is 36.6. The summed E-state index contributed by atoms with van der Waals surface area (Å²) in [4.78, 5) is 11.9. The van der Waals surface area contributed by atoms with Crippen LogP contribution < -0.4 is 5.32 Å². The van der Waals surface area contributed by atoms with Crippen molar-refractivity contribution in [3.63, 3.8) is 0 Å². The van der Waals surface area contributed by atoms with Gasteiger partial charge in [0.25, 0.3) is 0 Å². The van der Waals surface area contributed by atoms with Crippen LogP contribution in [0.4, 0.5) is 0 Å². The third-order valence-electron chi connectivity index (χ3n) is 6.38. The molecule has 0 saturated heterocycles. The highest BCUT2D eigenvalue weighted by Gasteiger charge is 2.25. The van der Waals surface area contributed by atoms with Gasteiger partial charge in [0, 0.05) is 18.1 Å². The van der Waals surface area contributed by atoms with Gasteiger partial charge in [-0.25, -0.2) is 0 Å². The van der Waals surface area contributed by atoms with E-state index in [1.54, 1.807) is 0 Å². The minimum Gasteiger partial charge on any atom is -0.356 e. The van der Waals surface area contributed by atoms with E-state index in [0.29, 0.717) is 13.0 Å². The van der Waals surface area contributed by atoms with E-state index in [4.69, 9.17) is 4.52 Å². The molecule has 0 aliphatic rings. The van der Waals surface area contributed by atoms with Crippen molar-refractivity contribution in [2.45, 2.75) is 156 Å². The molecule has 0 saturated carbocycles. The Labute approximate surface area is 220 Å². The third kappa shape index (κ3) is 23.5. The van der Waals surface area contributed by atoms with E-state index >= 15 is 0 Å². The minimum atomic E-state index is -2.79. The number of unbranched alkanes of at least 4 members (excludes halogenated alkanes) is 14. The lowest BCUT2D eigenvalue weighted by molar-refractivity contribution is -0.121. The predicted octanol–water partition coefficient (Wildman–Crippen LogP) is 10.2. The molecule has 1 atom stereocenters. The Hall–Kier alpha value is -0.600. The van der Waals surface area contributed by atoms with Crippen molar-refractivity contribution in [3.8, 4) is 0 Å². The van der Waals surface area contributed by atoms with Crippen LogP contribution >= 0.6 is 7.37 Å². The second kappa shape index (κ2) is 23.8. The second-order valence-corrected chi connectivity index (χ2v) is 13.7. The Balaban J connectivity index is 0. The van der Waals surface area contributed by atoms with Crippen molar-refractivity contribution in [2.75, 3.05) is 13.2 Å². The van der Waals surface area contributed by atoms with E-state index in [1.807, 2.05) is 20.8 Å². The molecular formula is C30H61NO3P-. The van der Waals surface area contributed by atoms with Crippen molar-refractivity contribution in [1.29, 1.82) is 0 Å². The number of hydrogen-bond donors (Lipinski definition) is 1. The Bertz CT molecular complexity index is 554. The van der Waals surface area contributed by atoms with Crippen LogP contribution in [-0.2, 0) is 13.9 Å². The van der Waals surface area contributed by atoms with Crippen molar-refractivity contribution in [3.05, 3.63) is 18.8 Å². The molecule has 0 fully saturated rings. The third-order valence-corrected chi connectivity index (χ3v) is 9.02. The molecule has 0 radical (unpaired) electrons. The van der Waals surface area contributed by atoms with Crippen molar-refractivity contribution >= 4 is 13.3 Å². The topological polar surface area (TPSA) is 55.4 Å². The van der Waals surface area contributed by atoms with Gasteiger partial charge in [-0.1, -0.05) is 111 Å². The number of rotatable bonds is 23. The van der Waals surface area contributed by atoms with Crippen molar-refractivity contribution in [1.82, 2.24) is 5.32 Å². The number of carbonyl (C=O) groups excluding carboxylic acids is 1. The summed E-state index contributed by atoms with van der Waals surface area (Å²) < 4.78 is 17.8. The summed E-state index contributed by atoms with van der Waals surface area (Å²) in [6.45, 7) is 13.0. The fourth-order valence-corrected chi connectivity index (χ4v) is 4.47. The van der Waals surface area contributed by atoms with Gasteiger partial charge in [-0.2, -0.15) is 0 Å². The highest BCUT2D eigenvalue weighted by Crippen LogP contribution is 2.57. The summed E-state index contributed by atoms with van der Waals surface area (Å²) in [5, 5.41) is 2.63. The molecule has 0 aliphatic heterocycles. The number of allylic oxidation sites excluding steroid dienone is 2. The van der Waals surface area contributed by atoms with Gasteiger partial charge in [0.15, 0.2) is 0 Å². The van der Waals surface area contributed by atoms with Gasteiger partial charge in [-0.15, -0.1) is 0 Å². The summed E-state index contributed by atoms with van der Waals surface area (Å²) in [5.74, 6) is 0.184. The van der Waals surface area contributed by atoms with E-state index in [2.05, 4.69) is 31.1 Å². The molecule has 4 nitrogen and oxygen atoms in total. The summed E-state index contributed by atoms with van der Waals surface area (Å²) in [6.07, 6.45) is 25.9. The van der Waals surface area contributed by atoms with Crippen LogP contribution in [0, 0.1) is 6.66 Å². The molecule has 0 aromatic carbocycles. The number of hydrogen-bond acceptors (Lipinski definition) is 3. The zero-order valence-electron chi connectivity index (χ0n) is 23.2. The number of amides is 1. The lowest BCUT2D eigenvalue weighted by atomic mass is 10.1. The van der Waals surface area contributed by atoms with Gasteiger partial charge >= 0.3 is 0 Å². The average Bonchev–Trinajstić information content (AvgIpc) is 2.77. The van der Waals surface area contributed by atoms with Crippen LogP contribution in [0.1, 0.15) is 151 Å². The SMILES string of the molecule is C.[CH2-]P(=O)(OCCCCCCNC(=O)CCCCCCC/C=C\CCCCCCCC)C(C)(C)C. The van der Waals surface area contributed by atoms with Gasteiger partial charge < -0.3 is 14.4 Å². The Kier molecular flexibility index (Phi) is 24.8. The van der Waals surface area contributed by atoms with Crippen LogP contribution in [0.5, 0.6) is 0 Å². The maximum Gasteiger partial charge on any atom is 0.219 e. The lowest BCUT2D eigenvalue weighted by Gasteiger charge is -2.33.